The van der Waals surface area contributed by atoms with E-state index in [4.69, 9.17) is 28.9 Å². The van der Waals surface area contributed by atoms with Gasteiger partial charge >= 0.3 is 5.97 Å². The lowest BCUT2D eigenvalue weighted by molar-refractivity contribution is -0.137. The molecule has 0 saturated carbocycles. The summed E-state index contributed by atoms with van der Waals surface area (Å²) in [5, 5.41) is 1.28. The molecule has 2 aromatic carbocycles. The van der Waals surface area contributed by atoms with Crippen molar-refractivity contribution in [3.05, 3.63) is 63.6 Å². The molecule has 0 radical (unpaired) electrons. The number of methoxy groups -OCH3 is 1. The number of carbonyl (C=O) groups is 1. The van der Waals surface area contributed by atoms with E-state index in [0.717, 1.165) is 11.1 Å². The Morgan fingerprint density at radius 1 is 1.22 bits per heavy atom. The minimum atomic E-state index is -0.257. The summed E-state index contributed by atoms with van der Waals surface area (Å²) in [6, 6.07) is 13.0. The molecule has 0 aliphatic heterocycles. The van der Waals surface area contributed by atoms with Crippen molar-refractivity contribution in [3.63, 3.8) is 0 Å². The number of thioether (sulfide) groups is 1. The SMILES string of the molecule is COC(=O)CSCC(c1cc(Cl)ccc1N)c1ccccc1Cl. The van der Waals surface area contributed by atoms with Crippen LogP contribution >= 0.6 is 35.0 Å². The van der Waals surface area contributed by atoms with Gasteiger partial charge in [0.25, 0.3) is 0 Å². The Morgan fingerprint density at radius 3 is 2.65 bits per heavy atom. The zero-order valence-corrected chi connectivity index (χ0v) is 14.9. The van der Waals surface area contributed by atoms with Crippen molar-refractivity contribution in [2.24, 2.45) is 0 Å². The molecule has 0 spiro atoms. The van der Waals surface area contributed by atoms with Crippen LogP contribution in [0.3, 0.4) is 0 Å². The number of nitrogens with two attached hydrogens (primary N) is 1. The zero-order valence-electron chi connectivity index (χ0n) is 12.6. The standard InChI is InChI=1S/C17H17Cl2NO2S/c1-22-17(21)10-23-9-14(12-4-2-3-5-15(12)19)13-8-11(18)6-7-16(13)20/h2-8,14H,9-10,20H2,1H3. The Morgan fingerprint density at radius 2 is 1.96 bits per heavy atom. The number of hydrogen-bond acceptors (Lipinski definition) is 4. The van der Waals surface area contributed by atoms with Crippen LogP contribution in [0.15, 0.2) is 42.5 Å². The monoisotopic (exact) mass is 369 g/mol. The second-order valence-corrected chi connectivity index (χ2v) is 6.81. The Kier molecular flexibility index (Phi) is 6.63. The van der Waals surface area contributed by atoms with Crippen molar-refractivity contribution < 1.29 is 9.53 Å². The number of nitrogen functional groups attached to an aromatic ring is 1. The van der Waals surface area contributed by atoms with E-state index >= 15 is 0 Å². The minimum Gasteiger partial charge on any atom is -0.468 e. The second kappa shape index (κ2) is 8.48. The third kappa shape index (κ3) is 4.80. The molecule has 0 aliphatic carbocycles. The Balaban J connectivity index is 2.33. The molecule has 2 N–H and O–H groups in total. The summed E-state index contributed by atoms with van der Waals surface area (Å²) in [7, 11) is 1.38. The number of esters is 1. The fourth-order valence-electron chi connectivity index (χ4n) is 2.27. The zero-order chi connectivity index (χ0) is 16.8. The summed E-state index contributed by atoms with van der Waals surface area (Å²) in [6.07, 6.45) is 0. The molecule has 3 nitrogen and oxygen atoms in total. The first-order chi connectivity index (χ1) is 11.0. The van der Waals surface area contributed by atoms with Crippen LogP contribution in [-0.4, -0.2) is 24.6 Å². The number of halogens is 2. The fourth-order valence-corrected chi connectivity index (χ4v) is 3.72. The van der Waals surface area contributed by atoms with Gasteiger partial charge in [0.1, 0.15) is 0 Å². The van der Waals surface area contributed by atoms with Gasteiger partial charge in [-0.1, -0.05) is 41.4 Å². The number of ether oxygens (including phenoxy) is 1. The van der Waals surface area contributed by atoms with Crippen LogP contribution in [-0.2, 0) is 9.53 Å². The van der Waals surface area contributed by atoms with Crippen molar-refractivity contribution in [3.8, 4) is 0 Å². The summed E-state index contributed by atoms with van der Waals surface area (Å²) >= 11 is 14.0. The summed E-state index contributed by atoms with van der Waals surface area (Å²) in [5.74, 6) is 0.602. The lowest BCUT2D eigenvalue weighted by Crippen LogP contribution is -2.11. The quantitative estimate of drug-likeness (QED) is 0.596. The van der Waals surface area contributed by atoms with Crippen LogP contribution in [0.2, 0.25) is 10.0 Å². The van der Waals surface area contributed by atoms with Crippen molar-refractivity contribution in [1.82, 2.24) is 0 Å². The highest BCUT2D eigenvalue weighted by atomic mass is 35.5. The highest BCUT2D eigenvalue weighted by Crippen LogP contribution is 2.36. The summed E-state index contributed by atoms with van der Waals surface area (Å²) in [5.41, 5.74) is 8.65. The van der Waals surface area contributed by atoms with Crippen LogP contribution in [0.5, 0.6) is 0 Å². The van der Waals surface area contributed by atoms with Crippen LogP contribution < -0.4 is 5.73 Å². The third-order valence-corrected chi connectivity index (χ3v) is 5.03. The van der Waals surface area contributed by atoms with Gasteiger partial charge in [0, 0.05) is 27.4 Å². The molecule has 0 amide bonds. The molecule has 0 aliphatic rings. The summed E-state index contributed by atoms with van der Waals surface area (Å²) < 4.78 is 4.68. The average molecular weight is 370 g/mol. The minimum absolute atomic E-state index is 0.0583. The molecule has 0 saturated heterocycles. The molecule has 1 unspecified atom stereocenters. The summed E-state index contributed by atoms with van der Waals surface area (Å²) in [6.45, 7) is 0. The smallest absolute Gasteiger partial charge is 0.315 e. The highest BCUT2D eigenvalue weighted by molar-refractivity contribution is 7.99. The van der Waals surface area contributed by atoms with Crippen molar-refractivity contribution >= 4 is 46.6 Å². The highest BCUT2D eigenvalue weighted by Gasteiger charge is 2.20. The molecule has 0 aromatic heterocycles. The van der Waals surface area contributed by atoms with Crippen molar-refractivity contribution in [2.75, 3.05) is 24.3 Å². The van der Waals surface area contributed by atoms with Crippen LogP contribution in [0.1, 0.15) is 17.0 Å². The van der Waals surface area contributed by atoms with E-state index in [0.29, 0.717) is 21.5 Å². The lowest BCUT2D eigenvalue weighted by Gasteiger charge is -2.21. The first kappa shape index (κ1) is 18.0. The molecule has 0 bridgehead atoms. The van der Waals surface area contributed by atoms with E-state index in [2.05, 4.69) is 4.74 Å². The molecule has 0 fully saturated rings. The number of anilines is 1. The molecular weight excluding hydrogens is 353 g/mol. The first-order valence-electron chi connectivity index (χ1n) is 6.97. The largest absolute Gasteiger partial charge is 0.468 e. The van der Waals surface area contributed by atoms with Gasteiger partial charge in [-0.05, 0) is 35.4 Å². The van der Waals surface area contributed by atoms with Gasteiger partial charge in [-0.2, -0.15) is 0 Å². The van der Waals surface area contributed by atoms with Gasteiger partial charge in [0.15, 0.2) is 0 Å². The maximum absolute atomic E-state index is 11.3. The first-order valence-corrected chi connectivity index (χ1v) is 8.88. The molecule has 6 heteroatoms. The van der Waals surface area contributed by atoms with Crippen LogP contribution in [0.25, 0.3) is 0 Å². The van der Waals surface area contributed by atoms with E-state index in [9.17, 15) is 4.79 Å². The topological polar surface area (TPSA) is 52.3 Å². The Bertz CT molecular complexity index is 694. The van der Waals surface area contributed by atoms with E-state index < -0.39 is 0 Å². The maximum atomic E-state index is 11.3. The normalized spacial score (nSPS) is 12.0. The predicted molar refractivity (Wildman–Crippen MR) is 98.5 cm³/mol. The Labute approximate surface area is 150 Å². The average Bonchev–Trinajstić information content (AvgIpc) is 2.55. The summed E-state index contributed by atoms with van der Waals surface area (Å²) in [4.78, 5) is 11.3. The predicted octanol–water partition coefficient (Wildman–Crippen LogP) is 4.61. The molecule has 122 valence electrons. The van der Waals surface area contributed by atoms with E-state index in [1.165, 1.54) is 18.9 Å². The van der Waals surface area contributed by atoms with Gasteiger partial charge in [-0.15, -0.1) is 11.8 Å². The number of rotatable bonds is 6. The van der Waals surface area contributed by atoms with E-state index in [1.807, 2.05) is 30.3 Å². The third-order valence-electron chi connectivity index (χ3n) is 3.44. The lowest BCUT2D eigenvalue weighted by atomic mass is 9.91. The van der Waals surface area contributed by atoms with Gasteiger partial charge in [-0.3, -0.25) is 4.79 Å². The molecule has 23 heavy (non-hydrogen) atoms. The maximum Gasteiger partial charge on any atom is 0.315 e. The second-order valence-electron chi connectivity index (χ2n) is 4.94. The molecule has 2 aromatic rings. The van der Waals surface area contributed by atoms with Gasteiger partial charge < -0.3 is 10.5 Å². The van der Waals surface area contributed by atoms with Gasteiger partial charge in [0.05, 0.1) is 12.9 Å². The van der Waals surface area contributed by atoms with Crippen molar-refractivity contribution in [1.29, 1.82) is 0 Å². The molecule has 2 rings (SSSR count). The van der Waals surface area contributed by atoms with Crippen LogP contribution in [0, 0.1) is 0 Å². The van der Waals surface area contributed by atoms with Gasteiger partial charge in [-0.25, -0.2) is 0 Å². The number of hydrogen-bond donors (Lipinski definition) is 1. The number of carbonyl (C=O) groups excluding carboxylic acids is 1. The number of benzene rings is 2. The molecular formula is C17H17Cl2NO2S. The van der Waals surface area contributed by atoms with E-state index in [-0.39, 0.29) is 17.6 Å². The molecule has 0 heterocycles. The van der Waals surface area contributed by atoms with Crippen molar-refractivity contribution in [2.45, 2.75) is 5.92 Å². The Hall–Kier alpha value is -1.36. The fraction of sp³-hybridized carbons (Fsp3) is 0.235. The van der Waals surface area contributed by atoms with Gasteiger partial charge in [0.2, 0.25) is 0 Å². The van der Waals surface area contributed by atoms with E-state index in [1.54, 1.807) is 12.1 Å². The molecule has 1 atom stereocenters. The van der Waals surface area contributed by atoms with Crippen LogP contribution in [0.4, 0.5) is 5.69 Å².